The second kappa shape index (κ2) is 8.99. The van der Waals surface area contributed by atoms with Crippen molar-refractivity contribution in [1.29, 1.82) is 0 Å². The summed E-state index contributed by atoms with van der Waals surface area (Å²) in [6, 6.07) is 18.4. The minimum Gasteiger partial charge on any atom is -0.481 e. The highest BCUT2D eigenvalue weighted by atomic mass is 16.4. The molecule has 0 fully saturated rings. The van der Waals surface area contributed by atoms with Gasteiger partial charge in [-0.1, -0.05) is 0 Å². The van der Waals surface area contributed by atoms with Gasteiger partial charge in [0.05, 0.1) is 22.8 Å². The van der Waals surface area contributed by atoms with Gasteiger partial charge >= 0.3 is 0 Å². The van der Waals surface area contributed by atoms with Crippen molar-refractivity contribution in [3.8, 4) is 11.1 Å². The number of nitrogens with one attached hydrogen (secondary N) is 2. The number of H-pyrrole nitrogens is 2. The lowest BCUT2D eigenvalue weighted by atomic mass is 10.1. The van der Waals surface area contributed by atoms with Crippen LogP contribution in [0.1, 0.15) is 29.7 Å². The quantitative estimate of drug-likeness (QED) is 0.295. The number of aromatic amines is 2. The third-order valence-electron chi connectivity index (χ3n) is 5.19. The topological polar surface area (TPSA) is 108 Å². The van der Waals surface area contributed by atoms with Gasteiger partial charge in [0.15, 0.2) is 0 Å². The molecule has 0 aliphatic carbocycles. The van der Waals surface area contributed by atoms with Crippen molar-refractivity contribution in [2.75, 3.05) is 0 Å². The first kappa shape index (κ1) is 21.1. The average molecular weight is 447 g/mol. The van der Waals surface area contributed by atoms with Gasteiger partial charge in [-0.25, -0.2) is 9.97 Å². The van der Waals surface area contributed by atoms with E-state index in [1.54, 1.807) is 12.4 Å². The van der Waals surface area contributed by atoms with Crippen molar-refractivity contribution in [3.05, 3.63) is 89.8 Å². The molecule has 34 heavy (non-hydrogen) atoms. The summed E-state index contributed by atoms with van der Waals surface area (Å²) in [5.74, 6) is -0.833. The van der Waals surface area contributed by atoms with Crippen molar-refractivity contribution in [2.24, 2.45) is 0 Å². The Kier molecular flexibility index (Phi) is 5.58. The van der Waals surface area contributed by atoms with Crippen LogP contribution in [0.3, 0.4) is 0 Å². The largest absolute Gasteiger partial charge is 0.481 e. The zero-order valence-electron chi connectivity index (χ0n) is 18.4. The Hall–Kier alpha value is -4.78. The molecule has 4 aromatic rings. The van der Waals surface area contributed by atoms with Gasteiger partial charge in [-0.05, 0) is 84.5 Å². The molecule has 0 saturated heterocycles. The molecule has 3 N–H and O–H groups in total. The molecule has 4 aromatic heterocycles. The number of pyridine rings is 1. The molecule has 0 saturated carbocycles. The molecule has 8 bridgehead atoms. The van der Waals surface area contributed by atoms with E-state index in [1.165, 1.54) is 0 Å². The summed E-state index contributed by atoms with van der Waals surface area (Å²) >= 11 is 0. The van der Waals surface area contributed by atoms with Crippen LogP contribution < -0.4 is 0 Å². The van der Waals surface area contributed by atoms with Gasteiger partial charge in [0.2, 0.25) is 0 Å². The Morgan fingerprint density at radius 1 is 0.735 bits per heavy atom. The molecular weight excluding hydrogens is 426 g/mol. The number of aromatic nitrogens is 5. The standard InChI is InChI=1S/C25H17N5.C2H4O2/c1-3-19-14-21-5-7-23(29-21)25(16-9-11-26-12-10-16)24-8-6-22(30-24)15-20-4-2-18(28-20)13-17(1)27-19;1-2(3)4/h1-15,27,30H;1H3,(H,3,4). The number of carboxylic acids is 1. The molecule has 2 aliphatic rings. The van der Waals surface area contributed by atoms with E-state index in [2.05, 4.69) is 57.4 Å². The van der Waals surface area contributed by atoms with E-state index in [0.29, 0.717) is 0 Å². The van der Waals surface area contributed by atoms with Gasteiger partial charge in [-0.15, -0.1) is 0 Å². The maximum absolute atomic E-state index is 9.00. The molecular formula is C27H21N5O2. The number of nitrogens with zero attached hydrogens (tertiary/aromatic N) is 3. The van der Waals surface area contributed by atoms with Crippen LogP contribution >= 0.6 is 0 Å². The van der Waals surface area contributed by atoms with E-state index >= 15 is 0 Å². The second-order valence-corrected chi connectivity index (χ2v) is 7.81. The fourth-order valence-electron chi connectivity index (χ4n) is 3.83. The van der Waals surface area contributed by atoms with Crippen LogP contribution in [0.5, 0.6) is 0 Å². The average Bonchev–Trinajstić information content (AvgIpc) is 3.60. The van der Waals surface area contributed by atoms with Crippen LogP contribution in [-0.2, 0) is 4.79 Å². The number of fused-ring (bicyclic) bond motifs is 8. The van der Waals surface area contributed by atoms with Crippen LogP contribution in [0.4, 0.5) is 0 Å². The Morgan fingerprint density at radius 3 is 1.91 bits per heavy atom. The molecule has 0 aromatic carbocycles. The fourth-order valence-corrected chi connectivity index (χ4v) is 3.83. The maximum Gasteiger partial charge on any atom is 0.300 e. The second-order valence-electron chi connectivity index (χ2n) is 7.81. The van der Waals surface area contributed by atoms with Gasteiger partial charge < -0.3 is 15.1 Å². The first-order valence-electron chi connectivity index (χ1n) is 10.7. The van der Waals surface area contributed by atoms with Crippen LogP contribution in [0.25, 0.3) is 57.5 Å². The van der Waals surface area contributed by atoms with Gasteiger partial charge in [0.1, 0.15) is 0 Å². The lowest BCUT2D eigenvalue weighted by molar-refractivity contribution is -0.134. The fraction of sp³-hybridized carbons (Fsp3) is 0.0370. The van der Waals surface area contributed by atoms with Crippen LogP contribution in [-0.4, -0.2) is 36.0 Å². The SMILES string of the molecule is C1=Cc2cc3ccc([nH]3)c(-c3ccncc3)c3nc(cc4ccc(cc1n2)[nH]4)C=C3.CC(=O)O. The van der Waals surface area contributed by atoms with Crippen LogP contribution in [0.2, 0.25) is 0 Å². The number of carboxylic acid groups (broad SMARTS) is 1. The molecule has 0 spiro atoms. The molecule has 0 amide bonds. The molecule has 6 rings (SSSR count). The zero-order chi connectivity index (χ0) is 23.5. The third kappa shape index (κ3) is 4.68. The predicted octanol–water partition coefficient (Wildman–Crippen LogP) is 5.81. The first-order valence-corrected chi connectivity index (χ1v) is 10.7. The summed E-state index contributed by atoms with van der Waals surface area (Å²) in [7, 11) is 0. The Labute approximate surface area is 195 Å². The van der Waals surface area contributed by atoms with E-state index in [4.69, 9.17) is 19.9 Å². The van der Waals surface area contributed by atoms with E-state index in [-0.39, 0.29) is 0 Å². The molecule has 6 heterocycles. The minimum atomic E-state index is -0.833. The lowest BCUT2D eigenvalue weighted by Crippen LogP contribution is -1.85. The molecule has 0 atom stereocenters. The highest BCUT2D eigenvalue weighted by molar-refractivity contribution is 5.90. The van der Waals surface area contributed by atoms with E-state index in [0.717, 1.165) is 62.9 Å². The van der Waals surface area contributed by atoms with E-state index < -0.39 is 5.97 Å². The maximum atomic E-state index is 9.00. The smallest absolute Gasteiger partial charge is 0.300 e. The van der Waals surface area contributed by atoms with Crippen LogP contribution in [0, 0.1) is 0 Å². The van der Waals surface area contributed by atoms with Gasteiger partial charge in [0, 0.05) is 46.9 Å². The highest BCUT2D eigenvalue weighted by Gasteiger charge is 2.10. The zero-order valence-corrected chi connectivity index (χ0v) is 18.4. The lowest BCUT2D eigenvalue weighted by Gasteiger charge is -2.02. The van der Waals surface area contributed by atoms with Crippen molar-refractivity contribution in [2.45, 2.75) is 6.92 Å². The highest BCUT2D eigenvalue weighted by Crippen LogP contribution is 2.29. The normalized spacial score (nSPS) is 11.7. The van der Waals surface area contributed by atoms with Crippen molar-refractivity contribution < 1.29 is 9.90 Å². The van der Waals surface area contributed by atoms with Gasteiger partial charge in [-0.3, -0.25) is 9.78 Å². The summed E-state index contributed by atoms with van der Waals surface area (Å²) in [6.45, 7) is 1.08. The van der Waals surface area contributed by atoms with Crippen molar-refractivity contribution >= 4 is 52.3 Å². The van der Waals surface area contributed by atoms with Crippen LogP contribution in [0.15, 0.2) is 67.0 Å². The molecule has 166 valence electrons. The number of aliphatic carboxylic acids is 1. The van der Waals surface area contributed by atoms with E-state index in [9.17, 15) is 0 Å². The molecule has 0 unspecified atom stereocenters. The first-order chi connectivity index (χ1) is 16.5. The predicted molar refractivity (Wildman–Crippen MR) is 135 cm³/mol. The number of rotatable bonds is 1. The summed E-state index contributed by atoms with van der Waals surface area (Å²) < 4.78 is 0. The number of carbonyl (C=O) groups is 1. The summed E-state index contributed by atoms with van der Waals surface area (Å²) in [5, 5.41) is 7.42. The Bertz CT molecular complexity index is 1590. The summed E-state index contributed by atoms with van der Waals surface area (Å²) in [6.07, 6.45) is 11.8. The Morgan fingerprint density at radius 2 is 1.26 bits per heavy atom. The van der Waals surface area contributed by atoms with Crippen molar-refractivity contribution in [1.82, 2.24) is 24.9 Å². The van der Waals surface area contributed by atoms with Crippen molar-refractivity contribution in [3.63, 3.8) is 0 Å². The van der Waals surface area contributed by atoms with Gasteiger partial charge in [0.25, 0.3) is 5.97 Å². The molecule has 7 nitrogen and oxygen atoms in total. The van der Waals surface area contributed by atoms with E-state index in [1.807, 2.05) is 36.4 Å². The van der Waals surface area contributed by atoms with Gasteiger partial charge in [-0.2, -0.15) is 0 Å². The molecule has 2 aliphatic heterocycles. The monoisotopic (exact) mass is 447 g/mol. The summed E-state index contributed by atoms with van der Waals surface area (Å²) in [4.78, 5) is 29.7. The third-order valence-corrected chi connectivity index (χ3v) is 5.19. The summed E-state index contributed by atoms with van der Waals surface area (Å²) in [5.41, 5.74) is 9.78. The minimum absolute atomic E-state index is 0.833. The molecule has 7 heteroatoms. The molecule has 0 radical (unpaired) electrons. The number of hydrogen-bond acceptors (Lipinski definition) is 4. The number of hydrogen-bond donors (Lipinski definition) is 3. The Balaban J connectivity index is 0.000000560.